The Morgan fingerprint density at radius 3 is 1.93 bits per heavy atom. The minimum Gasteiger partial charge on any atom is -0.497 e. The van der Waals surface area contributed by atoms with Crippen LogP contribution in [-0.2, 0) is 13.2 Å². The summed E-state index contributed by atoms with van der Waals surface area (Å²) in [6.45, 7) is 0.393. The van der Waals surface area contributed by atoms with Gasteiger partial charge in [-0.15, -0.1) is 0 Å². The Kier molecular flexibility index (Phi) is 6.52. The molecule has 2 aromatic carbocycles. The average molecular weight is 395 g/mol. The molecule has 0 aliphatic heterocycles. The summed E-state index contributed by atoms with van der Waals surface area (Å²) in [7, 11) is 3.18. The molecule has 3 aromatic rings. The molecule has 0 fully saturated rings. The Morgan fingerprint density at radius 1 is 0.862 bits per heavy atom. The Morgan fingerprint density at radius 2 is 1.41 bits per heavy atom. The molecular formula is C22H21NO6. The number of carbonyl (C=O) groups is 1. The van der Waals surface area contributed by atoms with Gasteiger partial charge in [-0.3, -0.25) is 9.59 Å². The Labute approximate surface area is 168 Å². The number of ether oxygens (including phenoxy) is 3. The van der Waals surface area contributed by atoms with E-state index in [-0.39, 0.29) is 24.7 Å². The Balaban J connectivity index is 1.72. The Hall–Kier alpha value is -3.74. The monoisotopic (exact) mass is 395 g/mol. The average Bonchev–Trinajstić information content (AvgIpc) is 2.77. The van der Waals surface area contributed by atoms with E-state index in [0.717, 1.165) is 22.6 Å². The van der Waals surface area contributed by atoms with Crippen LogP contribution < -0.4 is 24.5 Å². The van der Waals surface area contributed by atoms with Gasteiger partial charge in [-0.05, 0) is 35.4 Å². The van der Waals surface area contributed by atoms with Gasteiger partial charge >= 0.3 is 0 Å². The second-order valence-electron chi connectivity index (χ2n) is 6.13. The van der Waals surface area contributed by atoms with Crippen LogP contribution in [0, 0.1) is 0 Å². The molecule has 3 rings (SSSR count). The zero-order valence-electron chi connectivity index (χ0n) is 16.2. The summed E-state index contributed by atoms with van der Waals surface area (Å²) in [5.41, 5.74) is 1.45. The summed E-state index contributed by atoms with van der Waals surface area (Å²) in [5.74, 6) is 1.56. The van der Waals surface area contributed by atoms with Crippen LogP contribution in [0.1, 0.15) is 21.6 Å². The molecule has 0 bridgehead atoms. The van der Waals surface area contributed by atoms with E-state index in [1.165, 1.54) is 17.0 Å². The van der Waals surface area contributed by atoms with Crippen molar-refractivity contribution in [1.29, 1.82) is 0 Å². The van der Waals surface area contributed by atoms with E-state index in [1.54, 1.807) is 14.2 Å². The van der Waals surface area contributed by atoms with Crippen LogP contribution in [0.3, 0.4) is 0 Å². The van der Waals surface area contributed by atoms with Crippen molar-refractivity contribution in [3.05, 3.63) is 87.8 Å². The first kappa shape index (κ1) is 20.0. The number of pyridine rings is 1. The van der Waals surface area contributed by atoms with E-state index < -0.39 is 5.43 Å². The predicted molar refractivity (Wildman–Crippen MR) is 107 cm³/mol. The third-order valence-corrected chi connectivity index (χ3v) is 4.21. The maximum absolute atomic E-state index is 12.2. The van der Waals surface area contributed by atoms with Gasteiger partial charge in [0.2, 0.25) is 5.43 Å². The van der Waals surface area contributed by atoms with Crippen molar-refractivity contribution in [1.82, 2.24) is 4.73 Å². The molecule has 0 N–H and O–H groups in total. The Bertz CT molecular complexity index is 1010. The minimum absolute atomic E-state index is 0.0844. The predicted octanol–water partition coefficient (Wildman–Crippen LogP) is 2.89. The lowest BCUT2D eigenvalue weighted by molar-refractivity contribution is 0.0820. The molecule has 0 radical (unpaired) electrons. The summed E-state index contributed by atoms with van der Waals surface area (Å²) in [6.07, 6.45) is 1.93. The lowest BCUT2D eigenvalue weighted by Crippen LogP contribution is -2.20. The number of hydrogen-bond acceptors (Lipinski definition) is 6. The number of methoxy groups -OCH3 is 2. The molecule has 7 heteroatoms. The highest BCUT2D eigenvalue weighted by molar-refractivity contribution is 5.72. The molecule has 0 aliphatic rings. The largest absolute Gasteiger partial charge is 0.497 e. The lowest BCUT2D eigenvalue weighted by Gasteiger charge is -2.14. The molecule has 0 unspecified atom stereocenters. The van der Waals surface area contributed by atoms with E-state index in [0.29, 0.717) is 6.29 Å². The van der Waals surface area contributed by atoms with Crippen LogP contribution in [0.15, 0.2) is 65.6 Å². The third kappa shape index (κ3) is 5.16. The second kappa shape index (κ2) is 9.45. The van der Waals surface area contributed by atoms with Gasteiger partial charge < -0.3 is 19.0 Å². The van der Waals surface area contributed by atoms with Crippen molar-refractivity contribution in [3.8, 4) is 17.2 Å². The van der Waals surface area contributed by atoms with Gasteiger partial charge in [0.25, 0.3) is 0 Å². The van der Waals surface area contributed by atoms with Crippen molar-refractivity contribution < 1.29 is 23.8 Å². The smallest absolute Gasteiger partial charge is 0.224 e. The highest BCUT2D eigenvalue weighted by Gasteiger charge is 2.09. The number of carbonyl (C=O) groups excluding carboxylic acids is 1. The molecule has 0 amide bonds. The van der Waals surface area contributed by atoms with E-state index in [9.17, 15) is 9.59 Å². The fraction of sp³-hybridized carbons (Fsp3) is 0.182. The standard InChI is InChI=1S/C22H21NO6/c1-26-19-7-3-16(4-8-19)14-28-22-12-23(18(13-24)11-21(22)25)29-15-17-5-9-20(27-2)10-6-17/h3-13H,14-15H2,1-2H3. The maximum atomic E-state index is 12.2. The quantitative estimate of drug-likeness (QED) is 0.519. The first-order valence-electron chi connectivity index (χ1n) is 8.86. The van der Waals surface area contributed by atoms with Crippen LogP contribution >= 0.6 is 0 Å². The normalized spacial score (nSPS) is 10.3. The number of hydrogen-bond donors (Lipinski definition) is 0. The van der Waals surface area contributed by atoms with Crippen LogP contribution in [-0.4, -0.2) is 25.2 Å². The summed E-state index contributed by atoms with van der Waals surface area (Å²) >= 11 is 0. The van der Waals surface area contributed by atoms with Crippen LogP contribution in [0.25, 0.3) is 0 Å². The van der Waals surface area contributed by atoms with Crippen LogP contribution in [0.5, 0.6) is 17.2 Å². The van der Waals surface area contributed by atoms with Crippen molar-refractivity contribution in [3.63, 3.8) is 0 Å². The van der Waals surface area contributed by atoms with Gasteiger partial charge in [0.15, 0.2) is 12.0 Å². The first-order valence-corrected chi connectivity index (χ1v) is 8.86. The molecule has 7 nitrogen and oxygen atoms in total. The van der Waals surface area contributed by atoms with Crippen LogP contribution in [0.2, 0.25) is 0 Å². The van der Waals surface area contributed by atoms with Gasteiger partial charge in [0, 0.05) is 6.07 Å². The molecular weight excluding hydrogens is 374 g/mol. The molecule has 150 valence electrons. The van der Waals surface area contributed by atoms with Crippen molar-refractivity contribution in [2.45, 2.75) is 13.2 Å². The molecule has 0 saturated heterocycles. The molecule has 29 heavy (non-hydrogen) atoms. The van der Waals surface area contributed by atoms with E-state index >= 15 is 0 Å². The zero-order chi connectivity index (χ0) is 20.6. The lowest BCUT2D eigenvalue weighted by atomic mass is 10.2. The third-order valence-electron chi connectivity index (χ3n) is 4.21. The molecule has 0 aliphatic carbocycles. The summed E-state index contributed by atoms with van der Waals surface area (Å²) < 4.78 is 17.1. The van der Waals surface area contributed by atoms with Gasteiger partial charge in [-0.2, -0.15) is 4.73 Å². The molecule has 1 heterocycles. The summed E-state index contributed by atoms with van der Waals surface area (Å²) in [6, 6.07) is 15.8. The van der Waals surface area contributed by atoms with Crippen molar-refractivity contribution in [2.75, 3.05) is 14.2 Å². The van der Waals surface area contributed by atoms with Gasteiger partial charge in [-0.25, -0.2) is 0 Å². The van der Waals surface area contributed by atoms with E-state index in [2.05, 4.69) is 0 Å². The second-order valence-corrected chi connectivity index (χ2v) is 6.13. The zero-order valence-corrected chi connectivity index (χ0v) is 16.2. The SMILES string of the molecule is COc1ccc(COc2cn(OCc3ccc(OC)cc3)c(C=O)cc2=O)cc1. The topological polar surface area (TPSA) is 76.0 Å². The first-order chi connectivity index (χ1) is 14.1. The molecule has 1 aromatic heterocycles. The molecule has 0 atom stereocenters. The number of rotatable bonds is 9. The van der Waals surface area contributed by atoms with Gasteiger partial charge in [-0.1, -0.05) is 24.3 Å². The fourth-order valence-electron chi connectivity index (χ4n) is 2.57. The number of nitrogens with zero attached hydrogens (tertiary/aromatic N) is 1. The summed E-state index contributed by atoms with van der Waals surface area (Å²) in [4.78, 5) is 29.2. The number of aromatic nitrogens is 1. The van der Waals surface area contributed by atoms with Gasteiger partial charge in [0.05, 0.1) is 20.4 Å². The number of benzene rings is 2. The van der Waals surface area contributed by atoms with E-state index in [4.69, 9.17) is 19.0 Å². The fourth-order valence-corrected chi connectivity index (χ4v) is 2.57. The molecule has 0 saturated carbocycles. The van der Waals surface area contributed by atoms with E-state index in [1.807, 2.05) is 48.5 Å². The molecule has 0 spiro atoms. The number of aldehydes is 1. The van der Waals surface area contributed by atoms with Crippen LogP contribution in [0.4, 0.5) is 0 Å². The summed E-state index contributed by atoms with van der Waals surface area (Å²) in [5, 5.41) is 0. The minimum atomic E-state index is -0.398. The van der Waals surface area contributed by atoms with Gasteiger partial charge in [0.1, 0.15) is 30.4 Å². The van der Waals surface area contributed by atoms with Crippen molar-refractivity contribution in [2.24, 2.45) is 0 Å². The van der Waals surface area contributed by atoms with Crippen molar-refractivity contribution >= 4 is 6.29 Å². The maximum Gasteiger partial charge on any atom is 0.224 e. The highest BCUT2D eigenvalue weighted by Crippen LogP contribution is 2.14. The highest BCUT2D eigenvalue weighted by atomic mass is 16.7.